The number of nitrogens with zero attached hydrogens (tertiary/aromatic N) is 2. The minimum Gasteiger partial charge on any atom is -0.329 e. The van der Waals surface area contributed by atoms with Gasteiger partial charge >= 0.3 is 0 Å². The fourth-order valence-electron chi connectivity index (χ4n) is 2.79. The van der Waals surface area contributed by atoms with E-state index in [4.69, 9.17) is 5.73 Å². The van der Waals surface area contributed by atoms with Crippen LogP contribution in [0.1, 0.15) is 30.4 Å². The highest BCUT2D eigenvalue weighted by molar-refractivity contribution is 5.85. The Balaban J connectivity index is 0.00000200. The summed E-state index contributed by atoms with van der Waals surface area (Å²) in [5.41, 5.74) is 7.83. The minimum absolute atomic E-state index is 0. The van der Waals surface area contributed by atoms with Gasteiger partial charge in [-0.05, 0) is 31.9 Å². The molecule has 1 atom stereocenters. The third-order valence-electron chi connectivity index (χ3n) is 4.01. The Kier molecular flexibility index (Phi) is 6.39. The van der Waals surface area contributed by atoms with Crippen molar-refractivity contribution in [3.05, 3.63) is 39.4 Å². The summed E-state index contributed by atoms with van der Waals surface area (Å²) in [5.74, 6) is 0. The molecule has 1 fully saturated rings. The van der Waals surface area contributed by atoms with E-state index in [9.17, 15) is 10.1 Å². The van der Waals surface area contributed by atoms with Gasteiger partial charge in [0.05, 0.1) is 4.92 Å². The first-order valence-corrected chi connectivity index (χ1v) is 6.80. The van der Waals surface area contributed by atoms with E-state index in [1.807, 2.05) is 13.0 Å². The van der Waals surface area contributed by atoms with E-state index in [-0.39, 0.29) is 23.0 Å². The highest BCUT2D eigenvalue weighted by Gasteiger charge is 2.22. The Hall–Kier alpha value is -1.17. The molecule has 0 saturated carbocycles. The molecule has 0 spiro atoms. The topological polar surface area (TPSA) is 72.4 Å². The fourth-order valence-corrected chi connectivity index (χ4v) is 2.79. The van der Waals surface area contributed by atoms with E-state index in [2.05, 4.69) is 4.90 Å². The lowest BCUT2D eigenvalue weighted by Gasteiger charge is -2.35. The molecule has 0 aromatic heterocycles. The molecule has 1 aliphatic rings. The molecule has 0 aliphatic carbocycles. The maximum atomic E-state index is 11.0. The lowest BCUT2D eigenvalue weighted by Crippen LogP contribution is -2.43. The molecule has 0 bridgehead atoms. The lowest BCUT2D eigenvalue weighted by atomic mass is 9.99. The number of rotatable bonds is 4. The molecular formula is C14H22ClN3O2. The van der Waals surface area contributed by atoms with Crippen molar-refractivity contribution in [2.75, 3.05) is 13.1 Å². The van der Waals surface area contributed by atoms with Crippen molar-refractivity contribution < 1.29 is 4.92 Å². The van der Waals surface area contributed by atoms with Crippen molar-refractivity contribution in [3.8, 4) is 0 Å². The molecule has 1 heterocycles. The minimum atomic E-state index is -0.310. The second kappa shape index (κ2) is 7.57. The zero-order chi connectivity index (χ0) is 13.8. The van der Waals surface area contributed by atoms with Crippen LogP contribution >= 0.6 is 12.4 Å². The average Bonchev–Trinajstić information content (AvgIpc) is 2.41. The zero-order valence-corrected chi connectivity index (χ0v) is 12.6. The highest BCUT2D eigenvalue weighted by Crippen LogP contribution is 2.25. The summed E-state index contributed by atoms with van der Waals surface area (Å²) in [6.07, 6.45) is 3.54. The molecular weight excluding hydrogens is 278 g/mol. The monoisotopic (exact) mass is 299 g/mol. The predicted octanol–water partition coefficient (Wildman–Crippen LogP) is 2.64. The van der Waals surface area contributed by atoms with E-state index in [1.165, 1.54) is 12.8 Å². The summed E-state index contributed by atoms with van der Waals surface area (Å²) < 4.78 is 0. The van der Waals surface area contributed by atoms with Gasteiger partial charge < -0.3 is 5.73 Å². The van der Waals surface area contributed by atoms with Crippen LogP contribution in [0, 0.1) is 17.0 Å². The summed E-state index contributed by atoms with van der Waals surface area (Å²) in [6.45, 7) is 4.28. The van der Waals surface area contributed by atoms with Gasteiger partial charge in [0.2, 0.25) is 0 Å². The van der Waals surface area contributed by atoms with E-state index in [0.29, 0.717) is 12.6 Å². The SMILES string of the molecule is Cc1c(CN2CCCCC2CN)cccc1[N+](=O)[O-].Cl. The Morgan fingerprint density at radius 1 is 1.45 bits per heavy atom. The van der Waals surface area contributed by atoms with E-state index in [0.717, 1.165) is 30.6 Å². The third kappa shape index (κ3) is 3.69. The van der Waals surface area contributed by atoms with E-state index in [1.54, 1.807) is 12.1 Å². The molecule has 0 radical (unpaired) electrons. The lowest BCUT2D eigenvalue weighted by molar-refractivity contribution is -0.385. The quantitative estimate of drug-likeness (QED) is 0.685. The number of nitro benzene ring substituents is 1. The van der Waals surface area contributed by atoms with Gasteiger partial charge in [0.25, 0.3) is 5.69 Å². The molecule has 1 saturated heterocycles. The number of nitrogens with two attached hydrogens (primary N) is 1. The van der Waals surface area contributed by atoms with Gasteiger partial charge in [-0.3, -0.25) is 15.0 Å². The number of likely N-dealkylation sites (tertiary alicyclic amines) is 1. The largest absolute Gasteiger partial charge is 0.329 e. The Labute approximate surface area is 125 Å². The van der Waals surface area contributed by atoms with Crippen LogP contribution < -0.4 is 5.73 Å². The van der Waals surface area contributed by atoms with Crippen molar-refractivity contribution in [1.29, 1.82) is 0 Å². The van der Waals surface area contributed by atoms with Gasteiger partial charge in [-0.1, -0.05) is 18.6 Å². The zero-order valence-electron chi connectivity index (χ0n) is 11.7. The molecule has 5 nitrogen and oxygen atoms in total. The Bertz CT molecular complexity index is 468. The molecule has 0 amide bonds. The van der Waals surface area contributed by atoms with Crippen LogP contribution in [0.5, 0.6) is 0 Å². The molecule has 112 valence electrons. The molecule has 1 aromatic carbocycles. The summed E-state index contributed by atoms with van der Waals surface area (Å²) in [5, 5.41) is 11.0. The van der Waals surface area contributed by atoms with Crippen LogP contribution in [-0.4, -0.2) is 29.0 Å². The smallest absolute Gasteiger partial charge is 0.272 e. The third-order valence-corrected chi connectivity index (χ3v) is 4.01. The second-order valence-corrected chi connectivity index (χ2v) is 5.17. The number of piperidine rings is 1. The van der Waals surface area contributed by atoms with Gasteiger partial charge in [0, 0.05) is 30.8 Å². The Morgan fingerprint density at radius 3 is 2.85 bits per heavy atom. The van der Waals surface area contributed by atoms with Crippen molar-refractivity contribution in [3.63, 3.8) is 0 Å². The van der Waals surface area contributed by atoms with Gasteiger partial charge in [-0.15, -0.1) is 12.4 Å². The van der Waals surface area contributed by atoms with Crippen molar-refractivity contribution in [1.82, 2.24) is 4.90 Å². The number of benzene rings is 1. The van der Waals surface area contributed by atoms with Crippen molar-refractivity contribution >= 4 is 18.1 Å². The number of nitro groups is 1. The summed E-state index contributed by atoms with van der Waals surface area (Å²) in [6, 6.07) is 5.72. The first-order valence-electron chi connectivity index (χ1n) is 6.80. The summed E-state index contributed by atoms with van der Waals surface area (Å²) >= 11 is 0. The summed E-state index contributed by atoms with van der Waals surface area (Å²) in [4.78, 5) is 13.0. The molecule has 20 heavy (non-hydrogen) atoms. The predicted molar refractivity (Wildman–Crippen MR) is 82.2 cm³/mol. The van der Waals surface area contributed by atoms with E-state index >= 15 is 0 Å². The molecule has 1 unspecified atom stereocenters. The van der Waals surface area contributed by atoms with Gasteiger partial charge in [0.1, 0.15) is 0 Å². The first kappa shape index (κ1) is 16.9. The number of hydrogen-bond acceptors (Lipinski definition) is 4. The van der Waals surface area contributed by atoms with Crippen LogP contribution in [0.3, 0.4) is 0 Å². The summed E-state index contributed by atoms with van der Waals surface area (Å²) in [7, 11) is 0. The van der Waals surface area contributed by atoms with Crippen LogP contribution in [0.2, 0.25) is 0 Å². The molecule has 1 aliphatic heterocycles. The molecule has 6 heteroatoms. The van der Waals surface area contributed by atoms with Gasteiger partial charge in [-0.25, -0.2) is 0 Å². The molecule has 2 rings (SSSR count). The maximum absolute atomic E-state index is 11.0. The van der Waals surface area contributed by atoms with Crippen molar-refractivity contribution in [2.45, 2.75) is 38.8 Å². The first-order chi connectivity index (χ1) is 9.13. The standard InChI is InChI=1S/C14H21N3O2.ClH/c1-11-12(5-4-7-14(11)17(18)19)10-16-8-3-2-6-13(16)9-15;/h4-5,7,13H,2-3,6,8-10,15H2,1H3;1H. The van der Waals surface area contributed by atoms with E-state index < -0.39 is 0 Å². The number of halogens is 1. The maximum Gasteiger partial charge on any atom is 0.272 e. The highest BCUT2D eigenvalue weighted by atomic mass is 35.5. The fraction of sp³-hybridized carbons (Fsp3) is 0.571. The second-order valence-electron chi connectivity index (χ2n) is 5.17. The van der Waals surface area contributed by atoms with Crippen molar-refractivity contribution in [2.24, 2.45) is 5.73 Å². The van der Waals surface area contributed by atoms with Gasteiger partial charge in [0.15, 0.2) is 0 Å². The van der Waals surface area contributed by atoms with Gasteiger partial charge in [-0.2, -0.15) is 0 Å². The van der Waals surface area contributed by atoms with Crippen LogP contribution in [0.15, 0.2) is 18.2 Å². The van der Waals surface area contributed by atoms with Crippen LogP contribution in [0.4, 0.5) is 5.69 Å². The molecule has 1 aromatic rings. The average molecular weight is 300 g/mol. The Morgan fingerprint density at radius 2 is 2.20 bits per heavy atom. The normalized spacial score (nSPS) is 19.4. The van der Waals surface area contributed by atoms with Crippen LogP contribution in [0.25, 0.3) is 0 Å². The molecule has 2 N–H and O–H groups in total. The van der Waals surface area contributed by atoms with Crippen LogP contribution in [-0.2, 0) is 6.54 Å². The number of hydrogen-bond donors (Lipinski definition) is 1.